The number of benzene rings is 1. The Kier molecular flexibility index (Phi) is 26.3. The van der Waals surface area contributed by atoms with Gasteiger partial charge < -0.3 is 43.2 Å². The largest absolute Gasteiger partial charge is 0.491 e. The summed E-state index contributed by atoms with van der Waals surface area (Å²) in [4.78, 5) is 11.0. The SMILES string of the molecule is CC(=O)Nc1ccc(OCCOCCOCCOCCOCCOCCOCCOCCCCCCI)cc1. The number of ether oxygens (including phenoxy) is 8. The van der Waals surface area contributed by atoms with Crippen molar-refractivity contribution in [2.45, 2.75) is 32.6 Å². The lowest BCUT2D eigenvalue weighted by Crippen LogP contribution is -2.15. The number of amides is 1. The Hall–Kier alpha value is -1.06. The zero-order valence-electron chi connectivity index (χ0n) is 23.5. The minimum Gasteiger partial charge on any atom is -0.491 e. The van der Waals surface area contributed by atoms with Crippen LogP contribution in [-0.4, -0.2) is 109 Å². The Morgan fingerprint density at radius 3 is 1.36 bits per heavy atom. The molecular weight excluding hydrogens is 621 g/mol. The molecule has 1 amide bonds. The van der Waals surface area contributed by atoms with Crippen LogP contribution in [0.3, 0.4) is 0 Å². The van der Waals surface area contributed by atoms with Crippen LogP contribution in [-0.2, 0) is 38.0 Å². The third kappa shape index (κ3) is 25.6. The third-order valence-electron chi connectivity index (χ3n) is 5.08. The smallest absolute Gasteiger partial charge is 0.221 e. The summed E-state index contributed by atoms with van der Waals surface area (Å²) in [5, 5.41) is 2.71. The molecule has 10 nitrogen and oxygen atoms in total. The maximum Gasteiger partial charge on any atom is 0.221 e. The molecule has 0 unspecified atom stereocenters. The molecule has 0 aliphatic heterocycles. The lowest BCUT2D eigenvalue weighted by atomic mass is 10.2. The van der Waals surface area contributed by atoms with Gasteiger partial charge >= 0.3 is 0 Å². The highest BCUT2D eigenvalue weighted by Crippen LogP contribution is 2.15. The molecule has 1 N–H and O–H groups in total. The van der Waals surface area contributed by atoms with Crippen LogP contribution in [0.2, 0.25) is 0 Å². The Morgan fingerprint density at radius 1 is 0.564 bits per heavy atom. The standard InChI is InChI=1S/C28H48INO9/c1-26(31)30-27-6-8-28(9-7-27)39-25-24-38-23-22-37-21-20-36-19-18-35-17-16-34-15-14-33-13-12-32-11-5-3-2-4-10-29/h6-9H,2-5,10-25H2,1H3,(H,30,31). The molecule has 226 valence electrons. The van der Waals surface area contributed by atoms with Crippen molar-refractivity contribution < 1.29 is 42.7 Å². The van der Waals surface area contributed by atoms with E-state index < -0.39 is 0 Å². The van der Waals surface area contributed by atoms with Gasteiger partial charge in [0, 0.05) is 19.2 Å². The number of rotatable bonds is 29. The Bertz CT molecular complexity index is 667. The molecule has 39 heavy (non-hydrogen) atoms. The van der Waals surface area contributed by atoms with E-state index in [1.54, 1.807) is 24.3 Å². The van der Waals surface area contributed by atoms with Gasteiger partial charge in [0.2, 0.25) is 5.91 Å². The second-order valence-electron chi connectivity index (χ2n) is 8.44. The Morgan fingerprint density at radius 2 is 0.949 bits per heavy atom. The average Bonchev–Trinajstić information content (AvgIpc) is 2.93. The van der Waals surface area contributed by atoms with Crippen LogP contribution in [0.5, 0.6) is 5.75 Å². The van der Waals surface area contributed by atoms with Gasteiger partial charge in [0.25, 0.3) is 0 Å². The normalized spacial score (nSPS) is 11.1. The molecule has 0 spiro atoms. The van der Waals surface area contributed by atoms with Gasteiger partial charge in [-0.15, -0.1) is 0 Å². The highest BCUT2D eigenvalue weighted by molar-refractivity contribution is 14.1. The van der Waals surface area contributed by atoms with Crippen molar-refractivity contribution in [2.24, 2.45) is 0 Å². The number of carbonyl (C=O) groups excluding carboxylic acids is 1. The number of anilines is 1. The van der Waals surface area contributed by atoms with Gasteiger partial charge in [-0.2, -0.15) is 0 Å². The number of nitrogens with one attached hydrogen (secondary N) is 1. The van der Waals surface area contributed by atoms with Crippen LogP contribution in [0, 0.1) is 0 Å². The molecule has 0 aliphatic carbocycles. The van der Waals surface area contributed by atoms with E-state index in [4.69, 9.17) is 37.9 Å². The van der Waals surface area contributed by atoms with Crippen molar-refractivity contribution in [1.29, 1.82) is 0 Å². The minimum absolute atomic E-state index is 0.102. The molecule has 1 aromatic rings. The first-order valence-corrected chi connectivity index (χ1v) is 15.4. The first-order chi connectivity index (χ1) is 19.2. The van der Waals surface area contributed by atoms with E-state index in [-0.39, 0.29) is 5.91 Å². The zero-order valence-corrected chi connectivity index (χ0v) is 25.7. The molecule has 0 saturated heterocycles. The molecule has 0 aromatic heterocycles. The summed E-state index contributed by atoms with van der Waals surface area (Å²) in [6.07, 6.45) is 4.98. The van der Waals surface area contributed by atoms with Gasteiger partial charge in [0.15, 0.2) is 0 Å². The Labute approximate surface area is 247 Å². The highest BCUT2D eigenvalue weighted by atomic mass is 127. The van der Waals surface area contributed by atoms with Crippen LogP contribution >= 0.6 is 22.6 Å². The second kappa shape index (κ2) is 28.5. The number of alkyl halides is 1. The van der Waals surface area contributed by atoms with Crippen LogP contribution in [0.1, 0.15) is 32.6 Å². The summed E-state index contributed by atoms with van der Waals surface area (Å²) >= 11 is 2.42. The fourth-order valence-electron chi connectivity index (χ4n) is 3.13. The fraction of sp³-hybridized carbons (Fsp3) is 0.750. The quantitative estimate of drug-likeness (QED) is 0.0767. The van der Waals surface area contributed by atoms with Gasteiger partial charge in [-0.3, -0.25) is 4.79 Å². The predicted octanol–water partition coefficient (Wildman–Crippen LogP) is 4.14. The first-order valence-electron chi connectivity index (χ1n) is 13.8. The lowest BCUT2D eigenvalue weighted by Gasteiger charge is -2.09. The molecule has 0 bridgehead atoms. The first kappa shape index (κ1) is 36.0. The van der Waals surface area contributed by atoms with Gasteiger partial charge in [0.05, 0.1) is 85.9 Å². The number of halogens is 1. The highest BCUT2D eigenvalue weighted by Gasteiger charge is 1.98. The number of carbonyl (C=O) groups is 1. The van der Waals surface area contributed by atoms with Crippen molar-refractivity contribution in [2.75, 3.05) is 109 Å². The van der Waals surface area contributed by atoms with Gasteiger partial charge in [-0.1, -0.05) is 35.4 Å². The van der Waals surface area contributed by atoms with Crippen LogP contribution in [0.4, 0.5) is 5.69 Å². The van der Waals surface area contributed by atoms with Gasteiger partial charge in [-0.05, 0) is 41.5 Å². The summed E-state index contributed by atoms with van der Waals surface area (Å²) in [6.45, 7) is 9.69. The lowest BCUT2D eigenvalue weighted by molar-refractivity contribution is -0.114. The van der Waals surface area contributed by atoms with E-state index in [1.807, 2.05) is 0 Å². The van der Waals surface area contributed by atoms with Gasteiger partial charge in [0.1, 0.15) is 12.4 Å². The van der Waals surface area contributed by atoms with Crippen molar-refractivity contribution in [3.63, 3.8) is 0 Å². The Balaban J connectivity index is 1.70. The molecular formula is C28H48INO9. The van der Waals surface area contributed by atoms with E-state index in [2.05, 4.69) is 27.9 Å². The van der Waals surface area contributed by atoms with Crippen molar-refractivity contribution >= 4 is 34.2 Å². The second-order valence-corrected chi connectivity index (χ2v) is 9.52. The summed E-state index contributed by atoms with van der Waals surface area (Å²) in [5.74, 6) is 0.622. The van der Waals surface area contributed by atoms with Gasteiger partial charge in [-0.25, -0.2) is 0 Å². The summed E-state index contributed by atoms with van der Waals surface area (Å²) in [5.41, 5.74) is 0.738. The van der Waals surface area contributed by atoms with E-state index >= 15 is 0 Å². The molecule has 0 heterocycles. The van der Waals surface area contributed by atoms with Crippen LogP contribution in [0.15, 0.2) is 24.3 Å². The predicted molar refractivity (Wildman–Crippen MR) is 159 cm³/mol. The van der Waals surface area contributed by atoms with Crippen LogP contribution < -0.4 is 10.1 Å². The van der Waals surface area contributed by atoms with E-state index in [9.17, 15) is 4.79 Å². The number of hydrogen-bond acceptors (Lipinski definition) is 9. The van der Waals surface area contributed by atoms with Crippen molar-refractivity contribution in [1.82, 2.24) is 0 Å². The third-order valence-corrected chi connectivity index (χ3v) is 5.84. The van der Waals surface area contributed by atoms with Crippen molar-refractivity contribution in [3.8, 4) is 5.75 Å². The molecule has 11 heteroatoms. The topological polar surface area (TPSA) is 103 Å². The monoisotopic (exact) mass is 669 g/mol. The minimum atomic E-state index is -0.102. The fourth-order valence-corrected chi connectivity index (χ4v) is 3.67. The average molecular weight is 670 g/mol. The van der Waals surface area contributed by atoms with E-state index in [0.717, 1.165) is 24.5 Å². The summed E-state index contributed by atoms with van der Waals surface area (Å²) in [6, 6.07) is 7.20. The van der Waals surface area contributed by atoms with Crippen LogP contribution in [0.25, 0.3) is 0 Å². The van der Waals surface area contributed by atoms with E-state index in [0.29, 0.717) is 92.5 Å². The molecule has 0 radical (unpaired) electrons. The summed E-state index contributed by atoms with van der Waals surface area (Å²) < 4.78 is 45.3. The zero-order chi connectivity index (χ0) is 28.1. The van der Waals surface area contributed by atoms with E-state index in [1.165, 1.54) is 30.6 Å². The molecule has 1 rings (SSSR count). The molecule has 0 fully saturated rings. The molecule has 0 saturated carbocycles. The number of unbranched alkanes of at least 4 members (excludes halogenated alkanes) is 3. The molecule has 0 atom stereocenters. The number of hydrogen-bond donors (Lipinski definition) is 1. The maximum atomic E-state index is 11.0. The molecule has 1 aromatic carbocycles. The molecule has 0 aliphatic rings. The van der Waals surface area contributed by atoms with Crippen molar-refractivity contribution in [3.05, 3.63) is 24.3 Å². The summed E-state index contributed by atoms with van der Waals surface area (Å²) in [7, 11) is 0. The maximum absolute atomic E-state index is 11.0.